The first-order chi connectivity index (χ1) is 15.1. The minimum Gasteiger partial charge on any atom is -0.497 e. The number of ether oxygens (including phenoxy) is 1. The maximum Gasteiger partial charge on any atom is 0.295 e. The maximum atomic E-state index is 11.9. The van der Waals surface area contributed by atoms with Gasteiger partial charge in [0.25, 0.3) is 5.69 Å². The molecule has 0 saturated heterocycles. The average molecular weight is 416 g/mol. The van der Waals surface area contributed by atoms with Gasteiger partial charge in [-0.2, -0.15) is 0 Å². The van der Waals surface area contributed by atoms with Crippen LogP contribution in [0.3, 0.4) is 0 Å². The van der Waals surface area contributed by atoms with E-state index in [2.05, 4.69) is 19.4 Å². The van der Waals surface area contributed by atoms with Crippen molar-refractivity contribution in [2.75, 3.05) is 30.5 Å². The molecule has 0 spiro atoms. The quantitative estimate of drug-likeness (QED) is 0.354. The highest BCUT2D eigenvalue weighted by Gasteiger charge is 2.30. The predicted octanol–water partition coefficient (Wildman–Crippen LogP) is 4.27. The van der Waals surface area contributed by atoms with E-state index in [1.165, 1.54) is 12.4 Å². The molecule has 31 heavy (non-hydrogen) atoms. The Morgan fingerprint density at radius 1 is 1.16 bits per heavy atom. The highest BCUT2D eigenvalue weighted by atomic mass is 16.6. The van der Waals surface area contributed by atoms with Crippen LogP contribution in [0.2, 0.25) is 0 Å². The Bertz CT molecular complexity index is 1280. The topological polar surface area (TPSA) is 89.6 Å². The summed E-state index contributed by atoms with van der Waals surface area (Å²) < 4.78 is 7.36. The first-order valence-electron chi connectivity index (χ1n) is 9.80. The van der Waals surface area contributed by atoms with Crippen molar-refractivity contribution in [2.24, 2.45) is 0 Å². The summed E-state index contributed by atoms with van der Waals surface area (Å²) in [7, 11) is 3.44. The van der Waals surface area contributed by atoms with E-state index in [9.17, 15) is 10.1 Å². The molecule has 156 valence electrons. The number of hydrogen-bond donors (Lipinski definition) is 0. The number of benzene rings is 2. The van der Waals surface area contributed by atoms with Gasteiger partial charge in [-0.1, -0.05) is 6.07 Å². The molecule has 0 fully saturated rings. The van der Waals surface area contributed by atoms with Gasteiger partial charge in [0.1, 0.15) is 29.2 Å². The van der Waals surface area contributed by atoms with E-state index in [0.717, 1.165) is 40.5 Å². The average Bonchev–Trinajstić information content (AvgIpc) is 3.37. The molecule has 1 aliphatic rings. The first kappa shape index (κ1) is 18.9. The summed E-state index contributed by atoms with van der Waals surface area (Å²) in [6, 6.07) is 14.7. The Balaban J connectivity index is 1.65. The Labute approximate surface area is 178 Å². The molecule has 4 aromatic rings. The number of hydrogen-bond acceptors (Lipinski definition) is 7. The monoisotopic (exact) mass is 416 g/mol. The van der Waals surface area contributed by atoms with Gasteiger partial charge in [0.2, 0.25) is 0 Å². The van der Waals surface area contributed by atoms with Crippen molar-refractivity contribution in [3.05, 3.63) is 71.2 Å². The van der Waals surface area contributed by atoms with Crippen LogP contribution in [0.4, 0.5) is 28.6 Å². The zero-order chi connectivity index (χ0) is 21.5. The largest absolute Gasteiger partial charge is 0.497 e. The molecule has 1 aliphatic heterocycles. The minimum absolute atomic E-state index is 0.0465. The number of methoxy groups -OCH3 is 1. The van der Waals surface area contributed by atoms with Crippen molar-refractivity contribution in [3.63, 3.8) is 0 Å². The molecule has 9 nitrogen and oxygen atoms in total. The molecule has 0 saturated carbocycles. The van der Waals surface area contributed by atoms with Crippen LogP contribution >= 0.6 is 0 Å². The first-order valence-corrected chi connectivity index (χ1v) is 9.80. The normalized spacial score (nSPS) is 12.8. The highest BCUT2D eigenvalue weighted by molar-refractivity contribution is 5.90. The third kappa shape index (κ3) is 3.02. The van der Waals surface area contributed by atoms with E-state index in [1.54, 1.807) is 19.4 Å². The van der Waals surface area contributed by atoms with Crippen LogP contribution in [0.5, 0.6) is 5.75 Å². The molecule has 0 unspecified atom stereocenters. The number of para-hydroxylation sites is 1. The third-order valence-electron chi connectivity index (χ3n) is 5.64. The van der Waals surface area contributed by atoms with Gasteiger partial charge in [-0.15, -0.1) is 0 Å². The second kappa shape index (κ2) is 7.28. The van der Waals surface area contributed by atoms with Gasteiger partial charge in [-0.05, 0) is 36.4 Å². The van der Waals surface area contributed by atoms with Gasteiger partial charge in [0.05, 0.1) is 17.7 Å². The summed E-state index contributed by atoms with van der Waals surface area (Å²) >= 11 is 0. The Hall–Kier alpha value is -4.14. The van der Waals surface area contributed by atoms with E-state index < -0.39 is 0 Å². The number of aromatic nitrogens is 3. The Morgan fingerprint density at radius 3 is 2.71 bits per heavy atom. The predicted molar refractivity (Wildman–Crippen MR) is 119 cm³/mol. The van der Waals surface area contributed by atoms with Crippen LogP contribution in [0.15, 0.2) is 61.1 Å². The second-order valence-corrected chi connectivity index (χ2v) is 7.27. The molecule has 0 aliphatic carbocycles. The van der Waals surface area contributed by atoms with E-state index in [1.807, 2.05) is 48.3 Å². The van der Waals surface area contributed by atoms with Crippen molar-refractivity contribution < 1.29 is 9.66 Å². The van der Waals surface area contributed by atoms with Crippen LogP contribution in [-0.2, 0) is 6.54 Å². The fraction of sp³-hybridized carbons (Fsp3) is 0.182. The van der Waals surface area contributed by atoms with E-state index in [0.29, 0.717) is 12.2 Å². The zero-order valence-corrected chi connectivity index (χ0v) is 17.1. The lowest BCUT2D eigenvalue weighted by molar-refractivity contribution is -0.384. The van der Waals surface area contributed by atoms with Gasteiger partial charge in [0, 0.05) is 43.5 Å². The lowest BCUT2D eigenvalue weighted by Crippen LogP contribution is -2.19. The lowest BCUT2D eigenvalue weighted by atomic mass is 10.1. The van der Waals surface area contributed by atoms with Crippen LogP contribution < -0.4 is 14.5 Å². The van der Waals surface area contributed by atoms with Crippen molar-refractivity contribution >= 4 is 39.6 Å². The van der Waals surface area contributed by atoms with Gasteiger partial charge < -0.3 is 19.1 Å². The standard InChI is InChI=1S/C22H20N6O3/c1-25(16-6-8-17(31-2)9-7-16)21-18(4-3-5-19(21)28(29)30)26-10-11-27-20(26)12-15-13-23-14-24-22(15)27/h3-9,12-14H,10-11H2,1-2H3. The van der Waals surface area contributed by atoms with Gasteiger partial charge >= 0.3 is 0 Å². The SMILES string of the molecule is COc1ccc(N(C)c2c(N3CCn4c3cc3cncnc34)cccc2[N+](=O)[O-])cc1. The number of nitrogens with zero attached hydrogens (tertiary/aromatic N) is 6. The van der Waals surface area contributed by atoms with E-state index in [-0.39, 0.29) is 10.6 Å². The van der Waals surface area contributed by atoms with Gasteiger partial charge in [-0.25, -0.2) is 9.97 Å². The molecular weight excluding hydrogens is 396 g/mol. The maximum absolute atomic E-state index is 11.9. The molecule has 9 heteroatoms. The summed E-state index contributed by atoms with van der Waals surface area (Å²) in [5.74, 6) is 1.67. The fourth-order valence-electron chi connectivity index (χ4n) is 4.15. The molecule has 2 aromatic heterocycles. The third-order valence-corrected chi connectivity index (χ3v) is 5.64. The molecule has 0 N–H and O–H groups in total. The van der Waals surface area contributed by atoms with Crippen molar-refractivity contribution in [3.8, 4) is 5.75 Å². The molecule has 5 rings (SSSR count). The van der Waals surface area contributed by atoms with Crippen LogP contribution in [-0.4, -0.2) is 40.2 Å². The number of rotatable bonds is 5. The summed E-state index contributed by atoms with van der Waals surface area (Å²) in [6.07, 6.45) is 3.32. The number of anilines is 4. The molecule has 0 bridgehead atoms. The molecule has 0 radical (unpaired) electrons. The van der Waals surface area contributed by atoms with E-state index in [4.69, 9.17) is 4.74 Å². The zero-order valence-electron chi connectivity index (χ0n) is 17.1. The van der Waals surface area contributed by atoms with Crippen molar-refractivity contribution in [1.29, 1.82) is 0 Å². The van der Waals surface area contributed by atoms with Crippen molar-refractivity contribution in [1.82, 2.24) is 14.5 Å². The van der Waals surface area contributed by atoms with E-state index >= 15 is 0 Å². The molecular formula is C22H20N6O3. The van der Waals surface area contributed by atoms with Crippen molar-refractivity contribution in [2.45, 2.75) is 6.54 Å². The Kier molecular flexibility index (Phi) is 4.43. The molecule has 2 aromatic carbocycles. The lowest BCUT2D eigenvalue weighted by Gasteiger charge is -2.27. The van der Waals surface area contributed by atoms with Gasteiger partial charge in [-0.3, -0.25) is 10.1 Å². The number of nitro benzene ring substituents is 1. The van der Waals surface area contributed by atoms with Crippen LogP contribution in [0, 0.1) is 10.1 Å². The molecule has 0 atom stereocenters. The fourth-order valence-corrected chi connectivity index (χ4v) is 4.15. The minimum atomic E-state index is -0.337. The summed E-state index contributed by atoms with van der Waals surface area (Å²) in [5, 5.41) is 12.9. The number of fused-ring (bicyclic) bond motifs is 3. The molecule has 0 amide bonds. The van der Waals surface area contributed by atoms with Crippen LogP contribution in [0.1, 0.15) is 0 Å². The highest BCUT2D eigenvalue weighted by Crippen LogP contribution is 2.45. The smallest absolute Gasteiger partial charge is 0.295 e. The van der Waals surface area contributed by atoms with Gasteiger partial charge in [0.15, 0.2) is 0 Å². The number of nitro groups is 1. The summed E-state index contributed by atoms with van der Waals surface area (Å²) in [6.45, 7) is 1.43. The summed E-state index contributed by atoms with van der Waals surface area (Å²) in [5.41, 5.74) is 3.03. The second-order valence-electron chi connectivity index (χ2n) is 7.27. The summed E-state index contributed by atoms with van der Waals surface area (Å²) in [4.78, 5) is 24.1. The van der Waals surface area contributed by atoms with Crippen LogP contribution in [0.25, 0.3) is 11.0 Å². The molecule has 3 heterocycles. The Morgan fingerprint density at radius 2 is 1.97 bits per heavy atom.